The molecule has 0 radical (unpaired) electrons. The summed E-state index contributed by atoms with van der Waals surface area (Å²) < 4.78 is 11.4. The minimum Gasteiger partial charge on any atom is -0.493 e. The fourth-order valence-corrected chi connectivity index (χ4v) is 7.80. The first kappa shape index (κ1) is 33.6. The van der Waals surface area contributed by atoms with Crippen LogP contribution in [0.25, 0.3) is 0 Å². The number of methoxy groups -OCH3 is 2. The Morgan fingerprint density at radius 2 is 1.65 bits per heavy atom. The van der Waals surface area contributed by atoms with Crippen molar-refractivity contribution >= 4 is 23.3 Å². The summed E-state index contributed by atoms with van der Waals surface area (Å²) in [6.07, 6.45) is 6.13. The lowest BCUT2D eigenvalue weighted by Crippen LogP contribution is -2.56. The van der Waals surface area contributed by atoms with Gasteiger partial charge in [-0.25, -0.2) is 4.98 Å². The van der Waals surface area contributed by atoms with Gasteiger partial charge in [-0.15, -0.1) is 0 Å². The smallest absolute Gasteiger partial charge is 0.225 e. The number of hydrogen-bond acceptors (Lipinski definition) is 8. The van der Waals surface area contributed by atoms with Gasteiger partial charge in [0.2, 0.25) is 11.8 Å². The second-order valence-corrected chi connectivity index (χ2v) is 13.6. The van der Waals surface area contributed by atoms with E-state index < -0.39 is 5.54 Å². The van der Waals surface area contributed by atoms with Gasteiger partial charge in [-0.3, -0.25) is 9.59 Å². The molecule has 2 fully saturated rings. The van der Waals surface area contributed by atoms with E-state index in [1.807, 2.05) is 44.6 Å². The Hall–Kier alpha value is -4.31. The average Bonchev–Trinajstić information content (AvgIpc) is 3.13. The summed E-state index contributed by atoms with van der Waals surface area (Å²) >= 11 is 0. The lowest BCUT2D eigenvalue weighted by molar-refractivity contribution is -0.144. The summed E-state index contributed by atoms with van der Waals surface area (Å²) in [5, 5.41) is 3.43. The molecule has 10 heteroatoms. The number of pyridine rings is 1. The molecule has 6 rings (SSSR count). The fourth-order valence-electron chi connectivity index (χ4n) is 7.80. The summed E-state index contributed by atoms with van der Waals surface area (Å²) in [5.74, 6) is 2.63. The van der Waals surface area contributed by atoms with Crippen LogP contribution in [0, 0.1) is 5.92 Å². The number of rotatable bonds is 10. The van der Waals surface area contributed by atoms with E-state index in [0.29, 0.717) is 44.1 Å². The van der Waals surface area contributed by atoms with Gasteiger partial charge in [-0.1, -0.05) is 30.3 Å². The predicted molar refractivity (Wildman–Crippen MR) is 189 cm³/mol. The number of carbonyl (C=O) groups is 2. The van der Waals surface area contributed by atoms with Gasteiger partial charge >= 0.3 is 0 Å². The standard InChI is InChI=1S/C38H50N6O4/c1-41(2)18-14-36(45)44-19-13-30-24-33(47-3)34(48-4)26-32(30)38(44)15-10-29(11-16-38)37(46)43-22-20-42(21-23-43)31-12-17-39-35(25-31)40-27-28-8-6-5-7-9-28/h5-9,12,17,24-26,29H,10-11,13-16,18-23,27H2,1-4H3,(H,39,40)/t29-,38-. The van der Waals surface area contributed by atoms with E-state index in [0.717, 1.165) is 68.8 Å². The molecule has 0 bridgehead atoms. The summed E-state index contributed by atoms with van der Waals surface area (Å²) in [6.45, 7) is 5.07. The van der Waals surface area contributed by atoms with E-state index >= 15 is 0 Å². The molecule has 1 spiro atoms. The molecule has 0 unspecified atom stereocenters. The predicted octanol–water partition coefficient (Wildman–Crippen LogP) is 4.78. The van der Waals surface area contributed by atoms with E-state index in [-0.39, 0.29) is 17.7 Å². The van der Waals surface area contributed by atoms with Gasteiger partial charge < -0.3 is 34.4 Å². The van der Waals surface area contributed by atoms with Crippen molar-refractivity contribution < 1.29 is 19.1 Å². The van der Waals surface area contributed by atoms with Crippen molar-refractivity contribution in [2.75, 3.05) is 77.8 Å². The van der Waals surface area contributed by atoms with Crippen LogP contribution >= 0.6 is 0 Å². The van der Waals surface area contributed by atoms with Crippen molar-refractivity contribution in [2.45, 2.75) is 50.6 Å². The van der Waals surface area contributed by atoms with Gasteiger partial charge in [0.1, 0.15) is 5.82 Å². The largest absolute Gasteiger partial charge is 0.493 e. The summed E-state index contributed by atoms with van der Waals surface area (Å²) in [7, 11) is 7.32. The highest BCUT2D eigenvalue weighted by molar-refractivity contribution is 5.80. The summed E-state index contributed by atoms with van der Waals surface area (Å²) in [6, 6.07) is 18.6. The Morgan fingerprint density at radius 1 is 0.938 bits per heavy atom. The second kappa shape index (κ2) is 14.8. The van der Waals surface area contributed by atoms with Gasteiger partial charge in [0, 0.05) is 76.1 Å². The molecule has 2 amide bonds. The zero-order valence-electron chi connectivity index (χ0n) is 28.9. The highest BCUT2D eigenvalue weighted by atomic mass is 16.5. The fraction of sp³-hybridized carbons (Fsp3) is 0.500. The lowest BCUT2D eigenvalue weighted by Gasteiger charge is -2.52. The number of piperazine rings is 1. The number of anilines is 2. The molecule has 10 nitrogen and oxygen atoms in total. The topological polar surface area (TPSA) is 90.5 Å². The van der Waals surface area contributed by atoms with Gasteiger partial charge in [-0.2, -0.15) is 0 Å². The maximum Gasteiger partial charge on any atom is 0.225 e. The van der Waals surface area contributed by atoms with Gasteiger partial charge in [-0.05, 0) is 81.1 Å². The average molecular weight is 655 g/mol. The van der Waals surface area contributed by atoms with Crippen LogP contribution in [-0.2, 0) is 28.1 Å². The Balaban J connectivity index is 1.11. The third-order valence-corrected chi connectivity index (χ3v) is 10.5. The molecule has 0 atom stereocenters. The molecule has 1 saturated carbocycles. The maximum atomic E-state index is 13.9. The van der Waals surface area contributed by atoms with Crippen molar-refractivity contribution in [3.63, 3.8) is 0 Å². The number of hydrogen-bond donors (Lipinski definition) is 1. The van der Waals surface area contributed by atoms with Crippen LogP contribution in [-0.4, -0.2) is 99.1 Å². The van der Waals surface area contributed by atoms with Crippen LogP contribution in [0.4, 0.5) is 11.5 Å². The number of amides is 2. The van der Waals surface area contributed by atoms with Crippen LogP contribution < -0.4 is 19.7 Å². The van der Waals surface area contributed by atoms with E-state index in [1.165, 1.54) is 11.1 Å². The number of fused-ring (bicyclic) bond motifs is 2. The first-order chi connectivity index (χ1) is 23.3. The first-order valence-electron chi connectivity index (χ1n) is 17.3. The zero-order chi connectivity index (χ0) is 33.7. The van der Waals surface area contributed by atoms with Crippen molar-refractivity contribution in [3.05, 3.63) is 77.5 Å². The molecular weight excluding hydrogens is 604 g/mol. The molecule has 1 saturated heterocycles. The Bertz CT molecular complexity index is 1560. The minimum atomic E-state index is -0.445. The van der Waals surface area contributed by atoms with Crippen LogP contribution in [0.3, 0.4) is 0 Å². The molecular formula is C38H50N6O4. The van der Waals surface area contributed by atoms with E-state index in [2.05, 4.69) is 60.2 Å². The first-order valence-corrected chi connectivity index (χ1v) is 17.3. The van der Waals surface area contributed by atoms with Crippen LogP contribution in [0.5, 0.6) is 11.5 Å². The molecule has 1 aliphatic carbocycles. The van der Waals surface area contributed by atoms with E-state index in [4.69, 9.17) is 9.47 Å². The Kier molecular flexibility index (Phi) is 10.4. The number of nitrogens with zero attached hydrogens (tertiary/aromatic N) is 5. The van der Waals surface area contributed by atoms with Crippen LogP contribution in [0.1, 0.15) is 48.8 Å². The van der Waals surface area contributed by atoms with E-state index in [9.17, 15) is 9.59 Å². The Morgan fingerprint density at radius 3 is 2.33 bits per heavy atom. The molecule has 3 aromatic rings. The zero-order valence-corrected chi connectivity index (χ0v) is 28.9. The molecule has 48 heavy (non-hydrogen) atoms. The number of nitrogens with one attached hydrogen (secondary N) is 1. The normalized spacial score (nSPS) is 20.9. The molecule has 2 aliphatic heterocycles. The van der Waals surface area contributed by atoms with Crippen molar-refractivity contribution in [1.29, 1.82) is 0 Å². The molecule has 1 N–H and O–H groups in total. The van der Waals surface area contributed by atoms with Gasteiger partial charge in [0.25, 0.3) is 0 Å². The van der Waals surface area contributed by atoms with Crippen molar-refractivity contribution in [2.24, 2.45) is 5.92 Å². The summed E-state index contributed by atoms with van der Waals surface area (Å²) in [5.41, 5.74) is 4.24. The van der Waals surface area contributed by atoms with Crippen molar-refractivity contribution in [1.82, 2.24) is 19.7 Å². The summed E-state index contributed by atoms with van der Waals surface area (Å²) in [4.78, 5) is 40.8. The number of benzene rings is 2. The number of ether oxygens (including phenoxy) is 2. The minimum absolute atomic E-state index is 0.0406. The molecule has 2 aromatic carbocycles. The maximum absolute atomic E-state index is 13.9. The van der Waals surface area contributed by atoms with Crippen LogP contribution in [0.15, 0.2) is 60.8 Å². The monoisotopic (exact) mass is 654 g/mol. The van der Waals surface area contributed by atoms with Crippen molar-refractivity contribution in [3.8, 4) is 11.5 Å². The Labute approximate surface area is 285 Å². The molecule has 3 heterocycles. The number of aromatic nitrogens is 1. The third kappa shape index (κ3) is 7.09. The molecule has 256 valence electrons. The quantitative estimate of drug-likeness (QED) is 0.334. The highest BCUT2D eigenvalue weighted by Crippen LogP contribution is 2.50. The molecule has 3 aliphatic rings. The van der Waals surface area contributed by atoms with Gasteiger partial charge in [0.15, 0.2) is 11.5 Å². The van der Waals surface area contributed by atoms with Gasteiger partial charge in [0.05, 0.1) is 19.8 Å². The van der Waals surface area contributed by atoms with E-state index in [1.54, 1.807) is 14.2 Å². The second-order valence-electron chi connectivity index (χ2n) is 13.6. The van der Waals surface area contributed by atoms with Crippen LogP contribution in [0.2, 0.25) is 0 Å². The highest BCUT2D eigenvalue weighted by Gasteiger charge is 2.48. The SMILES string of the molecule is COc1cc2c(cc1OC)[C@]1(CC[C@@H](C(=O)N3CCN(c4ccnc(NCc5ccccc5)c4)CC3)CC1)N(C(=O)CCN(C)C)CC2. The number of carbonyl (C=O) groups excluding carboxylic acids is 2. The third-order valence-electron chi connectivity index (χ3n) is 10.5. The lowest BCUT2D eigenvalue weighted by atomic mass is 9.68. The molecule has 1 aromatic heterocycles.